The molecule has 15 heteroatoms. The first-order valence-electron chi connectivity index (χ1n) is 7.24. The smallest absolute Gasteiger partial charge is 0.429 e. The average Bonchev–Trinajstić information content (AvgIpc) is 2.57. The third kappa shape index (κ3) is 11.3. The molecule has 0 aromatic heterocycles. The molecule has 0 aromatic rings. The van der Waals surface area contributed by atoms with E-state index in [2.05, 4.69) is 43.0 Å². The van der Waals surface area contributed by atoms with E-state index < -0.39 is 67.3 Å². The van der Waals surface area contributed by atoms with E-state index in [1.807, 2.05) is 0 Å². The summed E-state index contributed by atoms with van der Waals surface area (Å²) in [6.45, 7) is 11.3. The maximum atomic E-state index is 11.6. The lowest BCUT2D eigenvalue weighted by Crippen LogP contribution is -2.26. The van der Waals surface area contributed by atoms with Crippen molar-refractivity contribution < 1.29 is 51.6 Å². The van der Waals surface area contributed by atoms with Crippen molar-refractivity contribution in [1.29, 1.82) is 0 Å². The highest BCUT2D eigenvalue weighted by Gasteiger charge is 2.30. The number of ether oxygens (including phenoxy) is 2. The second kappa shape index (κ2) is 11.0. The predicted octanol–water partition coefficient (Wildman–Crippen LogP) is -0.505. The molecule has 12 nitrogen and oxygen atoms in total. The van der Waals surface area contributed by atoms with Crippen LogP contribution in [0.4, 0.5) is 0 Å². The average molecular weight is 474 g/mol. The summed E-state index contributed by atoms with van der Waals surface area (Å²) in [5, 5.41) is 0. The maximum absolute atomic E-state index is 11.6. The van der Waals surface area contributed by atoms with Crippen molar-refractivity contribution in [3.8, 4) is 0 Å². The molecule has 0 aromatic carbocycles. The SMILES string of the molecule is C=CC(=C)C(=O)OCCS(=O)(=O)OS(=O)(=O)OS(=O)(=O)CCOC(=O)C(=C)C=C. The molecule has 164 valence electrons. The Morgan fingerprint density at radius 1 is 0.690 bits per heavy atom. The van der Waals surface area contributed by atoms with Gasteiger partial charge in [-0.3, -0.25) is 0 Å². The fourth-order valence-corrected chi connectivity index (χ4v) is 4.60. The normalized spacial score (nSPS) is 11.9. The van der Waals surface area contributed by atoms with E-state index in [1.54, 1.807) is 0 Å². The molecule has 0 N–H and O–H groups in total. The molecule has 0 rings (SSSR count). The van der Waals surface area contributed by atoms with Gasteiger partial charge in [-0.1, -0.05) is 38.5 Å². The van der Waals surface area contributed by atoms with Crippen LogP contribution in [0.1, 0.15) is 0 Å². The van der Waals surface area contributed by atoms with Crippen molar-refractivity contribution in [2.24, 2.45) is 0 Å². The number of carbonyl (C=O) groups is 2. The predicted molar refractivity (Wildman–Crippen MR) is 99.3 cm³/mol. The van der Waals surface area contributed by atoms with Crippen LogP contribution in [0, 0.1) is 0 Å². The minimum absolute atomic E-state index is 0.178. The third-order valence-electron chi connectivity index (χ3n) is 2.52. The van der Waals surface area contributed by atoms with Crippen LogP contribution in [0.2, 0.25) is 0 Å². The van der Waals surface area contributed by atoms with E-state index in [9.17, 15) is 34.8 Å². The molecule has 0 atom stereocenters. The molecule has 0 unspecified atom stereocenters. The number of hydrogen-bond donors (Lipinski definition) is 0. The first-order chi connectivity index (χ1) is 13.1. The van der Waals surface area contributed by atoms with E-state index in [0.717, 1.165) is 12.2 Å². The molecule has 0 amide bonds. The summed E-state index contributed by atoms with van der Waals surface area (Å²) in [6.07, 6.45) is 2.09. The summed E-state index contributed by atoms with van der Waals surface area (Å²) < 4.78 is 85.5. The fourth-order valence-electron chi connectivity index (χ4n) is 1.16. The minimum Gasteiger partial charge on any atom is -0.461 e. The Morgan fingerprint density at radius 2 is 1.00 bits per heavy atom. The van der Waals surface area contributed by atoms with Crippen LogP contribution in [-0.2, 0) is 57.0 Å². The van der Waals surface area contributed by atoms with Gasteiger partial charge in [0, 0.05) is 0 Å². The van der Waals surface area contributed by atoms with Gasteiger partial charge in [0.2, 0.25) is 0 Å². The largest absolute Gasteiger partial charge is 0.461 e. The summed E-state index contributed by atoms with van der Waals surface area (Å²) in [5.41, 5.74) is -0.356. The highest BCUT2D eigenvalue weighted by molar-refractivity contribution is 8.03. The molecular formula is C14H18O12S3. The zero-order chi connectivity index (χ0) is 22.9. The molecule has 0 saturated heterocycles. The number of hydrogen-bond acceptors (Lipinski definition) is 12. The molecule has 0 spiro atoms. The molecule has 0 bridgehead atoms. The zero-order valence-corrected chi connectivity index (χ0v) is 17.4. The van der Waals surface area contributed by atoms with Gasteiger partial charge in [0.05, 0.1) is 11.1 Å². The van der Waals surface area contributed by atoms with Gasteiger partial charge in [-0.2, -0.15) is 25.3 Å². The van der Waals surface area contributed by atoms with Crippen molar-refractivity contribution in [3.05, 3.63) is 49.6 Å². The Kier molecular flexibility index (Phi) is 10.1. The van der Waals surface area contributed by atoms with Gasteiger partial charge in [0.15, 0.2) is 0 Å². The third-order valence-corrected chi connectivity index (χ3v) is 6.85. The Labute approximate surface area is 168 Å². The van der Waals surface area contributed by atoms with Crippen molar-refractivity contribution in [3.63, 3.8) is 0 Å². The molecule has 0 aliphatic rings. The first-order valence-corrected chi connectivity index (χ1v) is 11.7. The van der Waals surface area contributed by atoms with Gasteiger partial charge in [0.1, 0.15) is 24.7 Å². The van der Waals surface area contributed by atoms with Crippen molar-refractivity contribution in [2.45, 2.75) is 0 Å². The standard InChI is InChI=1S/C14H18O12S3/c1-5-11(3)13(15)23-7-9-27(17,18)25-29(21,22)26-28(19,20)10-8-24-14(16)12(4)6-2/h5-6H,1-4,7-10H2. The molecule has 0 aliphatic carbocycles. The lowest BCUT2D eigenvalue weighted by Gasteiger charge is -2.08. The van der Waals surface area contributed by atoms with E-state index in [-0.39, 0.29) is 11.1 Å². The van der Waals surface area contributed by atoms with Crippen molar-refractivity contribution >= 4 is 42.6 Å². The van der Waals surface area contributed by atoms with Gasteiger partial charge in [-0.25, -0.2) is 9.59 Å². The molecule has 0 heterocycles. The van der Waals surface area contributed by atoms with Crippen LogP contribution in [-0.4, -0.2) is 61.9 Å². The Hall–Kier alpha value is -2.33. The van der Waals surface area contributed by atoms with Gasteiger partial charge >= 0.3 is 22.3 Å². The first kappa shape index (κ1) is 26.7. The van der Waals surface area contributed by atoms with Crippen LogP contribution in [0.25, 0.3) is 0 Å². The van der Waals surface area contributed by atoms with Gasteiger partial charge in [0.25, 0.3) is 20.2 Å². The summed E-state index contributed by atoms with van der Waals surface area (Å²) in [6, 6.07) is 0. The summed E-state index contributed by atoms with van der Waals surface area (Å²) >= 11 is 0. The molecular weight excluding hydrogens is 456 g/mol. The van der Waals surface area contributed by atoms with Gasteiger partial charge in [-0.05, 0) is 0 Å². The van der Waals surface area contributed by atoms with Crippen LogP contribution in [0.3, 0.4) is 0 Å². The molecule has 0 saturated carbocycles. The lowest BCUT2D eigenvalue weighted by atomic mass is 10.3. The van der Waals surface area contributed by atoms with E-state index in [1.165, 1.54) is 0 Å². The quantitative estimate of drug-likeness (QED) is 0.179. The summed E-state index contributed by atoms with van der Waals surface area (Å²) in [4.78, 5) is 22.5. The summed E-state index contributed by atoms with van der Waals surface area (Å²) in [7, 11) is -15.4. The topological polar surface area (TPSA) is 173 Å². The molecule has 0 radical (unpaired) electrons. The summed E-state index contributed by atoms with van der Waals surface area (Å²) in [5.74, 6) is -4.28. The van der Waals surface area contributed by atoms with Gasteiger partial charge < -0.3 is 9.47 Å². The zero-order valence-electron chi connectivity index (χ0n) is 14.9. The number of rotatable bonds is 14. The van der Waals surface area contributed by atoms with E-state index in [0.29, 0.717) is 0 Å². The Balaban J connectivity index is 4.75. The highest BCUT2D eigenvalue weighted by Crippen LogP contribution is 2.09. The molecule has 0 fully saturated rings. The maximum Gasteiger partial charge on any atom is 0.429 e. The van der Waals surface area contributed by atoms with E-state index >= 15 is 0 Å². The van der Waals surface area contributed by atoms with Gasteiger partial charge in [-0.15, -0.1) is 7.26 Å². The number of carbonyl (C=O) groups excluding carboxylic acids is 2. The Morgan fingerprint density at radius 3 is 1.28 bits per heavy atom. The number of esters is 2. The van der Waals surface area contributed by atoms with Crippen LogP contribution < -0.4 is 0 Å². The van der Waals surface area contributed by atoms with Crippen molar-refractivity contribution in [2.75, 3.05) is 24.7 Å². The van der Waals surface area contributed by atoms with E-state index in [4.69, 9.17) is 0 Å². The molecule has 0 aliphatic heterocycles. The Bertz CT molecular complexity index is 924. The second-order valence-electron chi connectivity index (χ2n) is 4.80. The van der Waals surface area contributed by atoms with Crippen LogP contribution in [0.15, 0.2) is 49.6 Å². The van der Waals surface area contributed by atoms with Crippen LogP contribution >= 0.6 is 0 Å². The monoisotopic (exact) mass is 474 g/mol. The van der Waals surface area contributed by atoms with Crippen molar-refractivity contribution in [1.82, 2.24) is 0 Å². The minimum atomic E-state index is -5.56. The second-order valence-corrected chi connectivity index (χ2v) is 9.75. The fraction of sp³-hybridized carbons (Fsp3) is 0.286. The molecule has 29 heavy (non-hydrogen) atoms. The van der Waals surface area contributed by atoms with Crippen LogP contribution in [0.5, 0.6) is 0 Å². The highest BCUT2D eigenvalue weighted by atomic mass is 32.3. The lowest BCUT2D eigenvalue weighted by molar-refractivity contribution is -0.138.